The van der Waals surface area contributed by atoms with E-state index >= 15 is 0 Å². The van der Waals surface area contributed by atoms with Gasteiger partial charge in [0, 0.05) is 39.2 Å². The molecule has 3 aromatic heterocycles. The molecule has 0 aliphatic carbocycles. The zero-order chi connectivity index (χ0) is 28.2. The van der Waals surface area contributed by atoms with Gasteiger partial charge in [-0.25, -0.2) is 5.43 Å². The zero-order valence-corrected chi connectivity index (χ0v) is 22.8. The number of furan rings is 1. The molecule has 0 unspecified atom stereocenters. The first kappa shape index (κ1) is 26.6. The Balaban J connectivity index is 1.21. The molecule has 5 aromatic rings. The molecular weight excluding hydrogens is 508 g/mol. The molecule has 0 saturated carbocycles. The number of nitrogens with one attached hydrogen (secondary N) is 1. The normalized spacial score (nSPS) is 11.3. The van der Waals surface area contributed by atoms with Crippen LogP contribution in [0.4, 0.5) is 0 Å². The third kappa shape index (κ3) is 5.40. The van der Waals surface area contributed by atoms with E-state index in [0.29, 0.717) is 11.5 Å². The van der Waals surface area contributed by atoms with Gasteiger partial charge in [-0.1, -0.05) is 18.2 Å². The topological polar surface area (TPSA) is 100.0 Å². The molecule has 0 fully saturated rings. The zero-order valence-electron chi connectivity index (χ0n) is 22.8. The molecular formula is C31H30N4O5. The third-order valence-electron chi connectivity index (χ3n) is 6.79. The van der Waals surface area contributed by atoms with Gasteiger partial charge in [0.05, 0.1) is 13.3 Å². The monoisotopic (exact) mass is 538 g/mol. The molecule has 204 valence electrons. The summed E-state index contributed by atoms with van der Waals surface area (Å²) in [7, 11) is 1.36. The van der Waals surface area contributed by atoms with Crippen molar-refractivity contribution in [1.82, 2.24) is 14.6 Å². The Morgan fingerprint density at radius 1 is 0.950 bits per heavy atom. The Morgan fingerprint density at radius 2 is 1.68 bits per heavy atom. The lowest BCUT2D eigenvalue weighted by Gasteiger charge is -2.10. The van der Waals surface area contributed by atoms with E-state index in [1.54, 1.807) is 18.3 Å². The van der Waals surface area contributed by atoms with Crippen LogP contribution in [0.15, 0.2) is 82.3 Å². The van der Waals surface area contributed by atoms with Gasteiger partial charge in [0.15, 0.2) is 5.76 Å². The predicted molar refractivity (Wildman–Crippen MR) is 152 cm³/mol. The van der Waals surface area contributed by atoms with Gasteiger partial charge in [0.1, 0.15) is 24.7 Å². The van der Waals surface area contributed by atoms with Gasteiger partial charge in [-0.15, -0.1) is 0 Å². The lowest BCUT2D eigenvalue weighted by atomic mass is 10.1. The largest absolute Gasteiger partial charge is 0.486 e. The molecule has 1 amide bonds. The summed E-state index contributed by atoms with van der Waals surface area (Å²) in [6, 6.07) is 22.9. The number of esters is 1. The van der Waals surface area contributed by atoms with Gasteiger partial charge >= 0.3 is 11.9 Å². The van der Waals surface area contributed by atoms with Crippen molar-refractivity contribution in [1.29, 1.82) is 0 Å². The fourth-order valence-corrected chi connectivity index (χ4v) is 4.73. The number of rotatable bonds is 9. The van der Waals surface area contributed by atoms with E-state index in [1.807, 2.05) is 60.0 Å². The number of hydrogen-bond donors (Lipinski definition) is 1. The minimum atomic E-state index is -0.486. The Morgan fingerprint density at radius 3 is 2.40 bits per heavy atom. The number of fused-ring (bicyclic) bond motifs is 1. The van der Waals surface area contributed by atoms with E-state index in [9.17, 15) is 9.59 Å². The van der Waals surface area contributed by atoms with Crippen molar-refractivity contribution in [3.8, 4) is 11.4 Å². The molecule has 3 heterocycles. The van der Waals surface area contributed by atoms with Crippen molar-refractivity contribution in [2.24, 2.45) is 5.10 Å². The van der Waals surface area contributed by atoms with Crippen LogP contribution in [-0.4, -0.2) is 34.3 Å². The molecule has 0 radical (unpaired) electrons. The van der Waals surface area contributed by atoms with Crippen LogP contribution in [-0.2, 0) is 22.7 Å². The molecule has 40 heavy (non-hydrogen) atoms. The summed E-state index contributed by atoms with van der Waals surface area (Å²) in [4.78, 5) is 24.5. The minimum Gasteiger partial charge on any atom is -0.486 e. The molecule has 1 N–H and O–H groups in total. The number of nitrogens with zero attached hydrogens (tertiary/aromatic N) is 3. The summed E-state index contributed by atoms with van der Waals surface area (Å²) in [5.74, 6) is 0.490. The van der Waals surface area contributed by atoms with Crippen LogP contribution in [0.25, 0.3) is 16.6 Å². The van der Waals surface area contributed by atoms with Crippen LogP contribution in [0.3, 0.4) is 0 Å². The number of hydrogen-bond acceptors (Lipinski definition) is 6. The van der Waals surface area contributed by atoms with Crippen molar-refractivity contribution >= 4 is 29.0 Å². The summed E-state index contributed by atoms with van der Waals surface area (Å²) in [6.45, 7) is 6.29. The quantitative estimate of drug-likeness (QED) is 0.152. The molecule has 0 aliphatic rings. The molecule has 0 aliphatic heterocycles. The van der Waals surface area contributed by atoms with Crippen LogP contribution < -0.4 is 10.2 Å². The highest BCUT2D eigenvalue weighted by atomic mass is 16.5. The molecule has 5 rings (SSSR count). The highest BCUT2D eigenvalue weighted by molar-refractivity contribution is 6.02. The maximum absolute atomic E-state index is 12.6. The first-order chi connectivity index (χ1) is 19.4. The van der Waals surface area contributed by atoms with Crippen LogP contribution in [0.2, 0.25) is 0 Å². The SMILES string of the molecule is COC(=O)Cn1c(C)c(/C=N/NC(=O)c2ccc(COc3ccc(-n4c(C)ccc4C)cc3)o2)c2ccccc21. The van der Waals surface area contributed by atoms with Gasteiger partial charge in [0.2, 0.25) is 0 Å². The van der Waals surface area contributed by atoms with Crippen LogP contribution in [0.1, 0.15) is 39.0 Å². The first-order valence-electron chi connectivity index (χ1n) is 12.8. The lowest BCUT2D eigenvalue weighted by Crippen LogP contribution is -2.17. The van der Waals surface area contributed by atoms with Gasteiger partial charge in [-0.3, -0.25) is 9.59 Å². The number of carbonyl (C=O) groups excluding carboxylic acids is 2. The first-order valence-corrected chi connectivity index (χ1v) is 12.8. The maximum atomic E-state index is 12.6. The van der Waals surface area contributed by atoms with Gasteiger partial charge in [-0.05, 0) is 75.4 Å². The number of amides is 1. The van der Waals surface area contributed by atoms with Crippen LogP contribution in [0.5, 0.6) is 5.75 Å². The molecule has 0 atom stereocenters. The van der Waals surface area contributed by atoms with Crippen molar-refractivity contribution in [2.45, 2.75) is 33.9 Å². The predicted octanol–water partition coefficient (Wildman–Crippen LogP) is 5.47. The molecule has 0 spiro atoms. The number of para-hydroxylation sites is 1. The number of ether oxygens (including phenoxy) is 2. The van der Waals surface area contributed by atoms with Gasteiger partial charge in [0.25, 0.3) is 0 Å². The average molecular weight is 539 g/mol. The maximum Gasteiger partial charge on any atom is 0.325 e. The van der Waals surface area contributed by atoms with Crippen LogP contribution >= 0.6 is 0 Å². The van der Waals surface area contributed by atoms with E-state index in [0.717, 1.165) is 39.2 Å². The molecule has 2 aromatic carbocycles. The highest BCUT2D eigenvalue weighted by Gasteiger charge is 2.16. The van der Waals surface area contributed by atoms with Gasteiger partial charge in [-0.2, -0.15) is 5.10 Å². The number of aromatic nitrogens is 2. The fourth-order valence-electron chi connectivity index (χ4n) is 4.73. The second-order valence-corrected chi connectivity index (χ2v) is 9.38. The third-order valence-corrected chi connectivity index (χ3v) is 6.79. The number of aryl methyl sites for hydroxylation is 2. The molecule has 0 saturated heterocycles. The highest BCUT2D eigenvalue weighted by Crippen LogP contribution is 2.25. The summed E-state index contributed by atoms with van der Waals surface area (Å²) in [5.41, 5.74) is 8.39. The van der Waals surface area contributed by atoms with E-state index < -0.39 is 5.91 Å². The standard InChI is InChI=1S/C31H30N4O5/c1-20-9-10-21(2)35(20)23-11-13-24(14-12-23)39-19-25-15-16-29(40-25)31(37)33-32-17-27-22(3)34(18-30(36)38-4)28-8-6-5-7-26(27)28/h5-17H,18-19H2,1-4H3,(H,33,37)/b32-17+. The molecule has 9 heteroatoms. The van der Waals surface area contributed by atoms with E-state index in [2.05, 4.69) is 41.1 Å². The number of benzene rings is 2. The molecule has 0 bridgehead atoms. The second kappa shape index (κ2) is 11.4. The van der Waals surface area contributed by atoms with E-state index in [-0.39, 0.29) is 24.9 Å². The Kier molecular flexibility index (Phi) is 7.54. The minimum absolute atomic E-state index is 0.0803. The Labute approximate surface area is 231 Å². The lowest BCUT2D eigenvalue weighted by molar-refractivity contribution is -0.141. The smallest absolute Gasteiger partial charge is 0.325 e. The number of carbonyl (C=O) groups is 2. The van der Waals surface area contributed by atoms with Crippen molar-refractivity contribution in [2.75, 3.05) is 7.11 Å². The average Bonchev–Trinajstić information content (AvgIpc) is 3.65. The Hall–Kier alpha value is -5.05. The fraction of sp³-hybridized carbons (Fsp3) is 0.194. The Bertz CT molecular complexity index is 1690. The number of methoxy groups -OCH3 is 1. The van der Waals surface area contributed by atoms with Crippen LogP contribution in [0, 0.1) is 20.8 Å². The van der Waals surface area contributed by atoms with Gasteiger partial charge < -0.3 is 23.0 Å². The summed E-state index contributed by atoms with van der Waals surface area (Å²) >= 11 is 0. The second-order valence-electron chi connectivity index (χ2n) is 9.38. The summed E-state index contributed by atoms with van der Waals surface area (Å²) in [5, 5.41) is 5.05. The number of hydrazone groups is 1. The van der Waals surface area contributed by atoms with E-state index in [4.69, 9.17) is 13.9 Å². The van der Waals surface area contributed by atoms with Crippen molar-refractivity contribution < 1.29 is 23.5 Å². The van der Waals surface area contributed by atoms with Crippen molar-refractivity contribution in [3.63, 3.8) is 0 Å². The van der Waals surface area contributed by atoms with Crippen molar-refractivity contribution in [3.05, 3.63) is 107 Å². The van der Waals surface area contributed by atoms with E-state index in [1.165, 1.54) is 7.11 Å². The summed E-state index contributed by atoms with van der Waals surface area (Å²) in [6.07, 6.45) is 1.57. The molecule has 9 nitrogen and oxygen atoms in total. The summed E-state index contributed by atoms with van der Waals surface area (Å²) < 4.78 is 20.4.